The van der Waals surface area contributed by atoms with Crippen LogP contribution in [0.3, 0.4) is 0 Å². The maximum atomic E-state index is 11.7. The van der Waals surface area contributed by atoms with Crippen molar-refractivity contribution in [3.8, 4) is 0 Å². The Morgan fingerprint density at radius 2 is 2.16 bits per heavy atom. The molecule has 1 amide bonds. The average Bonchev–Trinajstić information content (AvgIpc) is 2.69. The fraction of sp³-hybridized carbons (Fsp3) is 0.636. The molecular formula is C11H18ClN3O3S. The maximum Gasteiger partial charge on any atom is 0.280 e. The van der Waals surface area contributed by atoms with Gasteiger partial charge in [0.2, 0.25) is 5.91 Å². The Morgan fingerprint density at radius 3 is 2.63 bits per heavy atom. The molecular weight excluding hydrogens is 290 g/mol. The molecule has 0 aromatic carbocycles. The van der Waals surface area contributed by atoms with Gasteiger partial charge in [-0.05, 0) is 5.92 Å². The number of nitrogens with zero attached hydrogens (tertiary/aromatic N) is 2. The second-order valence-electron chi connectivity index (χ2n) is 4.61. The van der Waals surface area contributed by atoms with Crippen LogP contribution in [0.5, 0.6) is 0 Å². The number of hydrogen-bond donors (Lipinski definition) is 1. The number of carbonyl (C=O) groups excluding carboxylic acids is 1. The van der Waals surface area contributed by atoms with Crippen molar-refractivity contribution in [3.63, 3.8) is 0 Å². The Kier molecular flexibility index (Phi) is 5.37. The number of imidazole rings is 1. The Bertz CT molecular complexity index is 552. The van der Waals surface area contributed by atoms with Crippen LogP contribution in [0.15, 0.2) is 11.2 Å². The first-order valence-corrected chi connectivity index (χ1v) is 8.32. The summed E-state index contributed by atoms with van der Waals surface area (Å²) in [5.41, 5.74) is 0. The molecule has 1 aromatic heterocycles. The topological polar surface area (TPSA) is 81.1 Å². The smallest absolute Gasteiger partial charge is 0.280 e. The number of hydrogen-bond acceptors (Lipinski definition) is 4. The van der Waals surface area contributed by atoms with Gasteiger partial charge < -0.3 is 9.88 Å². The molecule has 0 saturated carbocycles. The van der Waals surface area contributed by atoms with Crippen molar-refractivity contribution in [2.45, 2.75) is 38.8 Å². The molecule has 108 valence electrons. The van der Waals surface area contributed by atoms with Gasteiger partial charge in [-0.25, -0.2) is 13.4 Å². The van der Waals surface area contributed by atoms with Crippen molar-refractivity contribution in [2.75, 3.05) is 6.54 Å². The summed E-state index contributed by atoms with van der Waals surface area (Å²) in [4.78, 5) is 15.6. The van der Waals surface area contributed by atoms with E-state index < -0.39 is 9.05 Å². The largest absolute Gasteiger partial charge is 0.354 e. The lowest BCUT2D eigenvalue weighted by atomic mass is 10.2. The molecule has 0 saturated heterocycles. The fourth-order valence-electron chi connectivity index (χ4n) is 1.49. The molecule has 1 rings (SSSR count). The number of carbonyl (C=O) groups is 1. The van der Waals surface area contributed by atoms with Crippen molar-refractivity contribution >= 4 is 25.6 Å². The van der Waals surface area contributed by atoms with E-state index in [2.05, 4.69) is 10.3 Å². The summed E-state index contributed by atoms with van der Waals surface area (Å²) < 4.78 is 23.9. The predicted octanol–water partition coefficient (Wildman–Crippen LogP) is 1.15. The van der Waals surface area contributed by atoms with E-state index in [-0.39, 0.29) is 17.5 Å². The van der Waals surface area contributed by atoms with E-state index in [1.807, 2.05) is 20.8 Å². The van der Waals surface area contributed by atoms with E-state index in [0.29, 0.717) is 24.7 Å². The minimum Gasteiger partial charge on any atom is -0.354 e. The van der Waals surface area contributed by atoms with Gasteiger partial charge >= 0.3 is 0 Å². The average molecular weight is 308 g/mol. The Morgan fingerprint density at radius 1 is 1.53 bits per heavy atom. The summed E-state index contributed by atoms with van der Waals surface area (Å²) in [5.74, 6) is 0.689. The maximum absolute atomic E-state index is 11.7. The second kappa shape index (κ2) is 6.38. The highest BCUT2D eigenvalue weighted by atomic mass is 35.7. The summed E-state index contributed by atoms with van der Waals surface area (Å²) in [7, 11) is 1.37. The molecule has 0 radical (unpaired) electrons. The van der Waals surface area contributed by atoms with Crippen molar-refractivity contribution in [1.29, 1.82) is 0 Å². The highest BCUT2D eigenvalue weighted by molar-refractivity contribution is 8.13. The molecule has 0 aliphatic carbocycles. The lowest BCUT2D eigenvalue weighted by Crippen LogP contribution is -2.30. The van der Waals surface area contributed by atoms with Crippen molar-refractivity contribution < 1.29 is 13.2 Å². The molecule has 0 spiro atoms. The summed E-state index contributed by atoms with van der Waals surface area (Å²) in [6.45, 7) is 6.43. The van der Waals surface area contributed by atoms with Crippen LogP contribution in [-0.4, -0.2) is 30.4 Å². The number of aromatic nitrogens is 2. The van der Waals surface area contributed by atoms with Crippen LogP contribution in [0.2, 0.25) is 0 Å². The molecule has 19 heavy (non-hydrogen) atoms. The normalized spacial score (nSPS) is 11.8. The van der Waals surface area contributed by atoms with E-state index in [1.54, 1.807) is 0 Å². The van der Waals surface area contributed by atoms with Gasteiger partial charge in [-0.1, -0.05) is 20.8 Å². The van der Waals surface area contributed by atoms with Gasteiger partial charge in [0.1, 0.15) is 12.4 Å². The van der Waals surface area contributed by atoms with Crippen LogP contribution >= 0.6 is 10.7 Å². The molecule has 0 fully saturated rings. The third-order valence-corrected chi connectivity index (χ3v) is 3.60. The number of rotatable bonds is 6. The molecule has 6 nitrogen and oxygen atoms in total. The van der Waals surface area contributed by atoms with Gasteiger partial charge in [-0.3, -0.25) is 4.79 Å². The minimum atomic E-state index is -3.87. The second-order valence-corrected chi connectivity index (χ2v) is 7.13. The van der Waals surface area contributed by atoms with Gasteiger partial charge in [0.15, 0.2) is 5.03 Å². The summed E-state index contributed by atoms with van der Waals surface area (Å²) in [6.07, 6.45) is 1.81. The van der Waals surface area contributed by atoms with Crippen LogP contribution in [0, 0.1) is 5.92 Å². The zero-order valence-electron chi connectivity index (χ0n) is 11.2. The highest BCUT2D eigenvalue weighted by Crippen LogP contribution is 2.14. The number of nitrogens with one attached hydrogen (secondary N) is 1. The van der Waals surface area contributed by atoms with Gasteiger partial charge in [-0.15, -0.1) is 0 Å². The Labute approximate surface area is 117 Å². The SMILES string of the molecule is CCc1nc(S(=O)(=O)Cl)cn1CC(=O)NCC(C)C. The first-order valence-electron chi connectivity index (χ1n) is 6.01. The molecule has 0 bridgehead atoms. The van der Waals surface area contributed by atoms with E-state index in [4.69, 9.17) is 10.7 Å². The van der Waals surface area contributed by atoms with Crippen molar-refractivity contribution in [2.24, 2.45) is 5.92 Å². The van der Waals surface area contributed by atoms with Gasteiger partial charge in [0, 0.05) is 29.8 Å². The molecule has 0 aliphatic rings. The van der Waals surface area contributed by atoms with Crippen LogP contribution in [0.4, 0.5) is 0 Å². The third-order valence-electron chi connectivity index (χ3n) is 2.42. The lowest BCUT2D eigenvalue weighted by Gasteiger charge is -2.09. The van der Waals surface area contributed by atoms with E-state index in [0.717, 1.165) is 0 Å². The zero-order valence-corrected chi connectivity index (χ0v) is 12.8. The molecule has 1 aromatic rings. The minimum absolute atomic E-state index is 0.0370. The van der Waals surface area contributed by atoms with Crippen LogP contribution < -0.4 is 5.32 Å². The lowest BCUT2D eigenvalue weighted by molar-refractivity contribution is -0.121. The summed E-state index contributed by atoms with van der Waals surface area (Å²) >= 11 is 0. The monoisotopic (exact) mass is 307 g/mol. The highest BCUT2D eigenvalue weighted by Gasteiger charge is 2.18. The molecule has 0 atom stereocenters. The predicted molar refractivity (Wildman–Crippen MR) is 72.5 cm³/mol. The van der Waals surface area contributed by atoms with Gasteiger partial charge in [0.05, 0.1) is 0 Å². The van der Waals surface area contributed by atoms with Crippen molar-refractivity contribution in [1.82, 2.24) is 14.9 Å². The van der Waals surface area contributed by atoms with E-state index >= 15 is 0 Å². The van der Waals surface area contributed by atoms with E-state index in [1.165, 1.54) is 10.8 Å². The third kappa shape index (κ3) is 4.83. The summed E-state index contributed by atoms with van der Waals surface area (Å²) in [6, 6.07) is 0. The van der Waals surface area contributed by atoms with Crippen molar-refractivity contribution in [3.05, 3.63) is 12.0 Å². The Hall–Kier alpha value is -1.08. The molecule has 0 aliphatic heterocycles. The first kappa shape index (κ1) is 16.0. The number of aryl methyl sites for hydroxylation is 1. The zero-order chi connectivity index (χ0) is 14.6. The quantitative estimate of drug-likeness (QED) is 0.799. The fourth-order valence-corrected chi connectivity index (χ4v) is 2.18. The first-order chi connectivity index (χ1) is 8.74. The number of halogens is 1. The molecule has 8 heteroatoms. The molecule has 1 N–H and O–H groups in total. The molecule has 1 heterocycles. The number of amides is 1. The van der Waals surface area contributed by atoms with Gasteiger partial charge in [-0.2, -0.15) is 0 Å². The van der Waals surface area contributed by atoms with Crippen LogP contribution in [0.1, 0.15) is 26.6 Å². The molecule has 0 unspecified atom stereocenters. The van der Waals surface area contributed by atoms with Gasteiger partial charge in [0.25, 0.3) is 9.05 Å². The standard InChI is InChI=1S/C11H18ClN3O3S/c1-4-9-14-11(19(12,17)18)7-15(9)6-10(16)13-5-8(2)3/h7-8H,4-6H2,1-3H3,(H,13,16). The van der Waals surface area contributed by atoms with E-state index in [9.17, 15) is 13.2 Å². The summed E-state index contributed by atoms with van der Waals surface area (Å²) in [5, 5.41) is 2.54. The Balaban J connectivity index is 2.83. The van der Waals surface area contributed by atoms with Crippen LogP contribution in [0.25, 0.3) is 0 Å². The van der Waals surface area contributed by atoms with Crippen LogP contribution in [-0.2, 0) is 26.8 Å².